The van der Waals surface area contributed by atoms with Gasteiger partial charge >= 0.3 is 87.4 Å². The molecule has 0 heterocycles. The zero-order chi connectivity index (χ0) is 13.7. The summed E-state index contributed by atoms with van der Waals surface area (Å²) < 4.78 is 111. The molecule has 0 aromatic rings. The van der Waals surface area contributed by atoms with Crippen LogP contribution in [0.3, 0.4) is 0 Å². The Balaban J connectivity index is 6.31. The van der Waals surface area contributed by atoms with E-state index < -0.39 is 41.6 Å². The van der Waals surface area contributed by atoms with Gasteiger partial charge in [0.15, 0.2) is 0 Å². The molecule has 0 unspecified atom stereocenters. The molecule has 0 saturated heterocycles. The normalized spacial score (nSPS) is 18.1. The van der Waals surface area contributed by atoms with Gasteiger partial charge in [-0.1, -0.05) is 0 Å². The molecular formula is C5H6F9PS. The zero-order valence-electron chi connectivity index (χ0n) is 7.76. The minimum atomic E-state index is -7.95. The fourth-order valence-electron chi connectivity index (χ4n) is 0.742. The molecule has 0 aromatic carbocycles. The van der Waals surface area contributed by atoms with Crippen LogP contribution in [0.4, 0.5) is 39.5 Å². The fraction of sp³-hybridized carbons (Fsp3) is 1.00. The molecule has 0 aliphatic heterocycles. The second-order valence-electron chi connectivity index (χ2n) is 3.05. The molecule has 0 amide bonds. The van der Waals surface area contributed by atoms with E-state index in [2.05, 4.69) is 0 Å². The van der Waals surface area contributed by atoms with Crippen molar-refractivity contribution in [1.29, 1.82) is 0 Å². The van der Waals surface area contributed by atoms with E-state index in [0.717, 1.165) is 0 Å². The first kappa shape index (κ1) is 16.1. The summed E-state index contributed by atoms with van der Waals surface area (Å²) in [4.78, 5) is 0. The van der Waals surface area contributed by atoms with E-state index in [1.165, 1.54) is 0 Å². The van der Waals surface area contributed by atoms with Gasteiger partial charge in [0.05, 0.1) is 0 Å². The Morgan fingerprint density at radius 2 is 0.875 bits per heavy atom. The van der Waals surface area contributed by atoms with Crippen molar-refractivity contribution < 1.29 is 39.5 Å². The molecule has 0 spiro atoms. The Kier molecular flexibility index (Phi) is 3.60. The van der Waals surface area contributed by atoms with Crippen LogP contribution >= 0.6 is 17.2 Å². The molecule has 0 aliphatic rings. The van der Waals surface area contributed by atoms with Gasteiger partial charge in [-0.15, -0.1) is 0 Å². The van der Waals surface area contributed by atoms with Gasteiger partial charge in [-0.3, -0.25) is 0 Å². The van der Waals surface area contributed by atoms with Crippen LogP contribution in [0.15, 0.2) is 0 Å². The second kappa shape index (κ2) is 3.57. The maximum absolute atomic E-state index is 12.3. The van der Waals surface area contributed by atoms with Crippen molar-refractivity contribution in [3.05, 3.63) is 0 Å². The van der Waals surface area contributed by atoms with E-state index in [9.17, 15) is 39.5 Å². The Labute approximate surface area is 88.2 Å². The Morgan fingerprint density at radius 3 is 0.875 bits per heavy atom. The first-order valence-corrected chi connectivity index (χ1v) is 7.92. The summed E-state index contributed by atoms with van der Waals surface area (Å²) >= 11 is -1.20. The average Bonchev–Trinajstić information content (AvgIpc) is 1.95. The van der Waals surface area contributed by atoms with Crippen LogP contribution in [0.1, 0.15) is 0 Å². The van der Waals surface area contributed by atoms with Gasteiger partial charge in [-0.25, -0.2) is 0 Å². The molecule has 0 aliphatic carbocycles. The Morgan fingerprint density at radius 1 is 0.688 bits per heavy atom. The molecule has 0 atom stereocenters. The molecule has 0 rings (SSSR count). The van der Waals surface area contributed by atoms with Gasteiger partial charge in [0.2, 0.25) is 0 Å². The van der Waals surface area contributed by atoms with Crippen LogP contribution in [0, 0.1) is 0 Å². The summed E-state index contributed by atoms with van der Waals surface area (Å²) in [5.74, 6) is -27.1. The van der Waals surface area contributed by atoms with Crippen molar-refractivity contribution >= 4 is 17.2 Å². The Hall–Kier alpha value is 0.150. The van der Waals surface area contributed by atoms with Crippen LogP contribution in [0.25, 0.3) is 0 Å². The molecule has 16 heavy (non-hydrogen) atoms. The number of rotatable bonds is 1. The third-order valence-electron chi connectivity index (χ3n) is 2.29. The first-order chi connectivity index (χ1) is 6.64. The van der Waals surface area contributed by atoms with Crippen molar-refractivity contribution in [2.24, 2.45) is 0 Å². The minimum absolute atomic E-state index is 0.173. The van der Waals surface area contributed by atoms with Gasteiger partial charge in [0.25, 0.3) is 0 Å². The Bertz CT molecular complexity index is 234. The van der Waals surface area contributed by atoms with E-state index in [1.807, 2.05) is 0 Å². The van der Waals surface area contributed by atoms with Gasteiger partial charge in [-0.05, 0) is 0 Å². The van der Waals surface area contributed by atoms with Gasteiger partial charge in [-0.2, -0.15) is 0 Å². The summed E-state index contributed by atoms with van der Waals surface area (Å²) in [6, 6.07) is 0. The van der Waals surface area contributed by atoms with Crippen LogP contribution in [-0.4, -0.2) is 30.7 Å². The third-order valence-corrected chi connectivity index (χ3v) is 11.5. The maximum atomic E-state index is 12.3. The van der Waals surface area contributed by atoms with E-state index in [1.54, 1.807) is 0 Å². The van der Waals surface area contributed by atoms with Crippen LogP contribution < -0.4 is 0 Å². The molecule has 0 nitrogen and oxygen atoms in total. The zero-order valence-corrected chi connectivity index (χ0v) is 9.47. The van der Waals surface area contributed by atoms with E-state index >= 15 is 0 Å². The topological polar surface area (TPSA) is 0 Å². The van der Waals surface area contributed by atoms with Crippen LogP contribution in [0.2, 0.25) is 0 Å². The molecular weight excluding hydrogens is 294 g/mol. The van der Waals surface area contributed by atoms with Crippen molar-refractivity contribution in [1.82, 2.24) is 0 Å². The van der Waals surface area contributed by atoms with Crippen molar-refractivity contribution in [2.75, 3.05) is 12.9 Å². The van der Waals surface area contributed by atoms with Crippen LogP contribution in [-0.2, 0) is 0 Å². The third kappa shape index (κ3) is 1.52. The predicted octanol–water partition coefficient (Wildman–Crippen LogP) is 5.01. The molecule has 100 valence electrons. The summed E-state index contributed by atoms with van der Waals surface area (Å²) in [7, 11) is 0. The average molecular weight is 300 g/mol. The van der Waals surface area contributed by atoms with Crippen LogP contribution in [0.5, 0.6) is 0 Å². The number of halogens is 9. The predicted molar refractivity (Wildman–Crippen MR) is 44.5 cm³/mol. The molecule has 0 radical (unpaired) electrons. The molecule has 0 N–H and O–H groups in total. The SMILES string of the molecule is CSP(C)(C(F)(F)F)(C(F)(F)F)C(F)(F)F. The van der Waals surface area contributed by atoms with Crippen molar-refractivity contribution in [3.8, 4) is 0 Å². The first-order valence-electron chi connectivity index (χ1n) is 3.41. The summed E-state index contributed by atoms with van der Waals surface area (Å²) in [6.07, 6.45) is 0.173. The number of hydrogen-bond donors (Lipinski definition) is 0. The van der Waals surface area contributed by atoms with Gasteiger partial charge in [0.1, 0.15) is 0 Å². The van der Waals surface area contributed by atoms with E-state index in [4.69, 9.17) is 0 Å². The summed E-state index contributed by atoms with van der Waals surface area (Å²) in [5, 5.41) is 0. The second-order valence-corrected chi connectivity index (χ2v) is 11.7. The molecule has 0 aromatic heterocycles. The standard InChI is InChI=1S/C5H6F9PS/c1-15(16-2,3(6,7)8,4(9,10)11)5(12,13)14/h1-2H3. The quantitative estimate of drug-likeness (QED) is 0.484. The molecule has 0 bridgehead atoms. The van der Waals surface area contributed by atoms with Crippen molar-refractivity contribution in [2.45, 2.75) is 17.8 Å². The molecule has 0 saturated carbocycles. The van der Waals surface area contributed by atoms with Gasteiger partial charge < -0.3 is 0 Å². The van der Waals surface area contributed by atoms with Crippen molar-refractivity contribution in [3.63, 3.8) is 0 Å². The monoisotopic (exact) mass is 300 g/mol. The van der Waals surface area contributed by atoms with Gasteiger partial charge in [0, 0.05) is 0 Å². The number of hydrogen-bond acceptors (Lipinski definition) is 1. The number of alkyl halides is 9. The molecule has 11 heteroatoms. The summed E-state index contributed by atoms with van der Waals surface area (Å²) in [5.41, 5.74) is 0. The van der Waals surface area contributed by atoms with E-state index in [-0.39, 0.29) is 6.26 Å². The van der Waals surface area contributed by atoms with E-state index in [0.29, 0.717) is 0 Å². The fourth-order valence-corrected chi connectivity index (χ4v) is 4.09. The molecule has 0 fully saturated rings. The summed E-state index contributed by atoms with van der Waals surface area (Å²) in [6.45, 7) is -0.768.